The molecule has 120 valence electrons. The Morgan fingerprint density at radius 2 is 2.23 bits per heavy atom. The van der Waals surface area contributed by atoms with Crippen molar-refractivity contribution in [1.29, 1.82) is 0 Å². The van der Waals surface area contributed by atoms with E-state index in [1.54, 1.807) is 17.2 Å². The summed E-state index contributed by atoms with van der Waals surface area (Å²) in [5, 5.41) is 16.3. The molecule has 1 aliphatic heterocycles. The molecule has 1 aromatic heterocycles. The van der Waals surface area contributed by atoms with Crippen molar-refractivity contribution in [1.82, 2.24) is 14.7 Å². The summed E-state index contributed by atoms with van der Waals surface area (Å²) in [7, 11) is 0. The van der Waals surface area contributed by atoms with E-state index >= 15 is 0 Å². The molecule has 0 aromatic carbocycles. The molecule has 1 saturated heterocycles. The lowest BCUT2D eigenvalue weighted by Gasteiger charge is -2.21. The largest absolute Gasteiger partial charge is 0.480 e. The second kappa shape index (κ2) is 6.08. The van der Waals surface area contributed by atoms with E-state index in [2.05, 4.69) is 17.3 Å². The molecule has 1 aliphatic carbocycles. The second-order valence-corrected chi connectivity index (χ2v) is 6.25. The highest BCUT2D eigenvalue weighted by molar-refractivity contribution is 5.92. The van der Waals surface area contributed by atoms with Gasteiger partial charge in [-0.3, -0.25) is 14.5 Å². The topological polar surface area (TPSA) is 87.5 Å². The molecule has 22 heavy (non-hydrogen) atoms. The summed E-state index contributed by atoms with van der Waals surface area (Å²) in [6.45, 7) is 2.88. The lowest BCUT2D eigenvalue weighted by Crippen LogP contribution is -2.41. The van der Waals surface area contributed by atoms with Crippen molar-refractivity contribution in [3.05, 3.63) is 12.3 Å². The average Bonchev–Trinajstić information content (AvgIpc) is 3.05. The smallest absolute Gasteiger partial charge is 0.320 e. The average molecular weight is 306 g/mol. The fraction of sp³-hybridized carbons (Fsp3) is 0.667. The molecule has 3 rings (SSSR count). The third-order valence-corrected chi connectivity index (χ3v) is 4.62. The Morgan fingerprint density at radius 1 is 1.45 bits per heavy atom. The molecule has 2 N–H and O–H groups in total. The van der Waals surface area contributed by atoms with Crippen LogP contribution in [0.25, 0.3) is 0 Å². The van der Waals surface area contributed by atoms with Crippen LogP contribution >= 0.6 is 0 Å². The number of amides is 1. The number of carbonyl (C=O) groups excluding carboxylic acids is 1. The van der Waals surface area contributed by atoms with Crippen LogP contribution in [-0.2, 0) is 9.59 Å². The van der Waals surface area contributed by atoms with Crippen LogP contribution in [-0.4, -0.2) is 50.8 Å². The quantitative estimate of drug-likeness (QED) is 0.828. The van der Waals surface area contributed by atoms with Gasteiger partial charge in [0.1, 0.15) is 11.9 Å². The van der Waals surface area contributed by atoms with Crippen LogP contribution in [0.5, 0.6) is 0 Å². The van der Waals surface area contributed by atoms with Gasteiger partial charge >= 0.3 is 5.97 Å². The van der Waals surface area contributed by atoms with Gasteiger partial charge in [-0.05, 0) is 45.1 Å². The van der Waals surface area contributed by atoms with Crippen molar-refractivity contribution in [3.8, 4) is 0 Å². The number of hydrogen-bond acceptors (Lipinski definition) is 4. The molecule has 0 spiro atoms. The molecule has 2 atom stereocenters. The standard InChI is InChI=1S/C15H22N4O3/c1-10(11-4-5-11)19-13(6-7-16-19)17-14(20)9-18-8-2-3-12(18)15(21)22/h6-7,10-12H,2-5,8-9H2,1H3,(H,17,20)(H,21,22)/t10?,12-/m1/s1. The van der Waals surface area contributed by atoms with E-state index in [0.29, 0.717) is 24.7 Å². The Kier molecular flexibility index (Phi) is 4.15. The highest BCUT2D eigenvalue weighted by Crippen LogP contribution is 2.40. The van der Waals surface area contributed by atoms with Crippen LogP contribution in [0.1, 0.15) is 38.6 Å². The summed E-state index contributed by atoms with van der Waals surface area (Å²) >= 11 is 0. The van der Waals surface area contributed by atoms with Crippen LogP contribution in [0.3, 0.4) is 0 Å². The minimum Gasteiger partial charge on any atom is -0.480 e. The van der Waals surface area contributed by atoms with Gasteiger partial charge in [0.25, 0.3) is 0 Å². The van der Waals surface area contributed by atoms with E-state index in [1.165, 1.54) is 12.8 Å². The van der Waals surface area contributed by atoms with E-state index < -0.39 is 12.0 Å². The third-order valence-electron chi connectivity index (χ3n) is 4.62. The summed E-state index contributed by atoms with van der Waals surface area (Å²) in [5.41, 5.74) is 0. The Balaban J connectivity index is 1.60. The molecule has 1 unspecified atom stereocenters. The minimum absolute atomic E-state index is 0.111. The minimum atomic E-state index is -0.849. The number of carbonyl (C=O) groups is 2. The summed E-state index contributed by atoms with van der Waals surface area (Å²) in [6, 6.07) is 1.53. The SMILES string of the molecule is CC(C1CC1)n1nccc1NC(=O)CN1CCC[C@@H]1C(=O)O. The number of aliphatic carboxylic acids is 1. The van der Waals surface area contributed by atoms with Crippen LogP contribution in [0, 0.1) is 5.92 Å². The maximum atomic E-state index is 12.2. The van der Waals surface area contributed by atoms with E-state index in [9.17, 15) is 9.59 Å². The first-order valence-corrected chi connectivity index (χ1v) is 7.86. The first-order chi connectivity index (χ1) is 10.6. The fourth-order valence-corrected chi connectivity index (χ4v) is 3.18. The highest BCUT2D eigenvalue weighted by atomic mass is 16.4. The number of nitrogens with one attached hydrogen (secondary N) is 1. The monoisotopic (exact) mass is 306 g/mol. The lowest BCUT2D eigenvalue weighted by molar-refractivity contribution is -0.142. The van der Waals surface area contributed by atoms with Crippen molar-refractivity contribution in [2.45, 2.75) is 44.7 Å². The third kappa shape index (κ3) is 3.14. The molecule has 2 aliphatic rings. The number of anilines is 1. The van der Waals surface area contributed by atoms with Gasteiger partial charge < -0.3 is 10.4 Å². The van der Waals surface area contributed by atoms with Crippen LogP contribution in [0.4, 0.5) is 5.82 Å². The highest BCUT2D eigenvalue weighted by Gasteiger charge is 2.33. The van der Waals surface area contributed by atoms with Crippen molar-refractivity contribution >= 4 is 17.7 Å². The molecule has 1 saturated carbocycles. The zero-order valence-corrected chi connectivity index (χ0v) is 12.7. The Hall–Kier alpha value is -1.89. The van der Waals surface area contributed by atoms with E-state index in [0.717, 1.165) is 6.42 Å². The Morgan fingerprint density at radius 3 is 2.91 bits per heavy atom. The van der Waals surface area contributed by atoms with Crippen molar-refractivity contribution in [2.24, 2.45) is 5.92 Å². The first kappa shape index (κ1) is 15.0. The van der Waals surface area contributed by atoms with Gasteiger partial charge in [-0.15, -0.1) is 0 Å². The van der Waals surface area contributed by atoms with Gasteiger partial charge in [0.05, 0.1) is 18.8 Å². The molecule has 7 heteroatoms. The number of carboxylic acids is 1. The van der Waals surface area contributed by atoms with Gasteiger partial charge in [-0.25, -0.2) is 4.68 Å². The zero-order valence-electron chi connectivity index (χ0n) is 12.7. The number of hydrogen-bond donors (Lipinski definition) is 2. The molecular weight excluding hydrogens is 284 g/mol. The first-order valence-electron chi connectivity index (χ1n) is 7.86. The summed E-state index contributed by atoms with van der Waals surface area (Å²) in [4.78, 5) is 25.1. The van der Waals surface area contributed by atoms with Crippen molar-refractivity contribution in [3.63, 3.8) is 0 Å². The van der Waals surface area contributed by atoms with E-state index in [1.807, 2.05) is 4.68 Å². The number of likely N-dealkylation sites (tertiary alicyclic amines) is 1. The normalized spacial score (nSPS) is 23.4. The molecule has 1 aromatic rings. The van der Waals surface area contributed by atoms with Gasteiger partial charge in [-0.1, -0.05) is 0 Å². The molecule has 0 radical (unpaired) electrons. The van der Waals surface area contributed by atoms with Crippen molar-refractivity contribution < 1.29 is 14.7 Å². The van der Waals surface area contributed by atoms with Gasteiger partial charge in [0, 0.05) is 6.07 Å². The predicted octanol–water partition coefficient (Wildman–Crippen LogP) is 1.34. The van der Waals surface area contributed by atoms with Crippen LogP contribution < -0.4 is 5.32 Å². The Bertz CT molecular complexity index is 567. The number of rotatable bonds is 6. The summed E-state index contributed by atoms with van der Waals surface area (Å²) in [6.07, 6.45) is 5.54. The fourth-order valence-electron chi connectivity index (χ4n) is 3.18. The second-order valence-electron chi connectivity index (χ2n) is 6.25. The maximum absolute atomic E-state index is 12.2. The predicted molar refractivity (Wildman–Crippen MR) is 80.5 cm³/mol. The Labute approximate surface area is 129 Å². The zero-order chi connectivity index (χ0) is 15.7. The molecule has 2 fully saturated rings. The van der Waals surface area contributed by atoms with Gasteiger partial charge in [0.2, 0.25) is 5.91 Å². The van der Waals surface area contributed by atoms with E-state index in [-0.39, 0.29) is 18.5 Å². The van der Waals surface area contributed by atoms with Crippen LogP contribution in [0.2, 0.25) is 0 Å². The molecule has 1 amide bonds. The van der Waals surface area contributed by atoms with Gasteiger partial charge in [0.15, 0.2) is 0 Å². The summed E-state index contributed by atoms with van der Waals surface area (Å²) < 4.78 is 1.86. The number of carboxylic acid groups (broad SMARTS) is 1. The number of aromatic nitrogens is 2. The molecule has 0 bridgehead atoms. The van der Waals surface area contributed by atoms with Crippen LogP contribution in [0.15, 0.2) is 12.3 Å². The van der Waals surface area contributed by atoms with E-state index in [4.69, 9.17) is 5.11 Å². The number of nitrogens with zero attached hydrogens (tertiary/aromatic N) is 3. The molecular formula is C15H22N4O3. The van der Waals surface area contributed by atoms with Gasteiger partial charge in [-0.2, -0.15) is 5.10 Å². The van der Waals surface area contributed by atoms with Crippen molar-refractivity contribution in [2.75, 3.05) is 18.4 Å². The summed E-state index contributed by atoms with van der Waals surface area (Å²) in [5.74, 6) is 0.302. The molecule has 2 heterocycles. The maximum Gasteiger partial charge on any atom is 0.320 e. The lowest BCUT2D eigenvalue weighted by atomic mass is 10.2. The molecule has 7 nitrogen and oxygen atoms in total.